The number of piperazine rings is 1. The van der Waals surface area contributed by atoms with Crippen LogP contribution in [0.15, 0.2) is 0 Å². The van der Waals surface area contributed by atoms with Crippen LogP contribution in [0.1, 0.15) is 13.8 Å². The van der Waals surface area contributed by atoms with E-state index < -0.39 is 9.84 Å². The quantitative estimate of drug-likeness (QED) is 0.692. The summed E-state index contributed by atoms with van der Waals surface area (Å²) >= 11 is 0. The van der Waals surface area contributed by atoms with E-state index in [1.807, 2.05) is 6.92 Å². The molecule has 0 spiro atoms. The van der Waals surface area contributed by atoms with Gasteiger partial charge in [-0.3, -0.25) is 9.80 Å². The molecule has 0 aliphatic carbocycles. The maximum absolute atomic E-state index is 11.4. The summed E-state index contributed by atoms with van der Waals surface area (Å²) in [6, 6.07) is 2.18. The van der Waals surface area contributed by atoms with Crippen LogP contribution in [0.25, 0.3) is 0 Å². The zero-order valence-electron chi connectivity index (χ0n) is 10.6. The second-order valence-electron chi connectivity index (χ2n) is 4.42. The van der Waals surface area contributed by atoms with Crippen molar-refractivity contribution >= 4 is 9.84 Å². The first kappa shape index (κ1) is 14.4. The van der Waals surface area contributed by atoms with Gasteiger partial charge in [-0.15, -0.1) is 0 Å². The van der Waals surface area contributed by atoms with Gasteiger partial charge in [-0.2, -0.15) is 5.26 Å². The van der Waals surface area contributed by atoms with Crippen molar-refractivity contribution in [3.63, 3.8) is 0 Å². The molecule has 5 nitrogen and oxygen atoms in total. The molecule has 1 saturated heterocycles. The summed E-state index contributed by atoms with van der Waals surface area (Å²) in [5.74, 6) is 0.468. The van der Waals surface area contributed by atoms with E-state index in [1.165, 1.54) is 0 Å². The summed E-state index contributed by atoms with van der Waals surface area (Å²) in [7, 11) is -2.86. The Morgan fingerprint density at radius 3 is 2.35 bits per heavy atom. The highest BCUT2D eigenvalue weighted by Gasteiger charge is 2.21. The average molecular weight is 259 g/mol. The van der Waals surface area contributed by atoms with Crippen LogP contribution in [0.5, 0.6) is 0 Å². The molecule has 1 aliphatic rings. The van der Waals surface area contributed by atoms with Crippen molar-refractivity contribution in [1.29, 1.82) is 5.26 Å². The lowest BCUT2D eigenvalue weighted by Crippen LogP contribution is -2.50. The highest BCUT2D eigenvalue weighted by Crippen LogP contribution is 2.06. The number of hydrogen-bond donors (Lipinski definition) is 0. The van der Waals surface area contributed by atoms with E-state index in [4.69, 9.17) is 5.26 Å². The van der Waals surface area contributed by atoms with Crippen molar-refractivity contribution in [2.75, 3.05) is 44.2 Å². The third kappa shape index (κ3) is 4.62. The van der Waals surface area contributed by atoms with Gasteiger partial charge in [-0.25, -0.2) is 8.42 Å². The van der Waals surface area contributed by atoms with Crippen LogP contribution in [-0.2, 0) is 9.84 Å². The zero-order chi connectivity index (χ0) is 12.9. The zero-order valence-corrected chi connectivity index (χ0v) is 11.4. The van der Waals surface area contributed by atoms with Crippen molar-refractivity contribution in [2.45, 2.75) is 19.9 Å². The Balaban J connectivity index is 2.31. The van der Waals surface area contributed by atoms with Gasteiger partial charge in [0.05, 0.1) is 17.9 Å². The van der Waals surface area contributed by atoms with E-state index >= 15 is 0 Å². The summed E-state index contributed by atoms with van der Waals surface area (Å²) in [4.78, 5) is 4.29. The van der Waals surface area contributed by atoms with Crippen molar-refractivity contribution in [3.8, 4) is 6.07 Å². The molecule has 1 rings (SSSR count). The number of nitrogens with zero attached hydrogens (tertiary/aromatic N) is 3. The van der Waals surface area contributed by atoms with Crippen molar-refractivity contribution in [2.24, 2.45) is 0 Å². The molecule has 1 heterocycles. The summed E-state index contributed by atoms with van der Waals surface area (Å²) in [5, 5.41) is 8.81. The van der Waals surface area contributed by atoms with Crippen LogP contribution in [0.3, 0.4) is 0 Å². The fourth-order valence-electron chi connectivity index (χ4n) is 1.87. The minimum absolute atomic E-state index is 0.0449. The Labute approximate surface area is 104 Å². The molecule has 1 aliphatic heterocycles. The summed E-state index contributed by atoms with van der Waals surface area (Å²) in [6.45, 7) is 7.60. The van der Waals surface area contributed by atoms with E-state index in [2.05, 4.69) is 15.9 Å². The lowest BCUT2D eigenvalue weighted by molar-refractivity contribution is 0.124. The lowest BCUT2D eigenvalue weighted by atomic mass is 10.2. The first-order valence-corrected chi connectivity index (χ1v) is 7.87. The van der Waals surface area contributed by atoms with Gasteiger partial charge in [-0.05, 0) is 6.92 Å². The van der Waals surface area contributed by atoms with Crippen LogP contribution in [0.4, 0.5) is 0 Å². The van der Waals surface area contributed by atoms with Gasteiger partial charge in [0, 0.05) is 38.5 Å². The smallest absolute Gasteiger partial charge is 0.151 e. The topological polar surface area (TPSA) is 64.4 Å². The number of hydrogen-bond acceptors (Lipinski definition) is 5. The van der Waals surface area contributed by atoms with Crippen LogP contribution in [0, 0.1) is 11.3 Å². The SMILES string of the molecule is CCS(=O)(=O)CCN1CCN(C(C)C#N)CC1. The molecular weight excluding hydrogens is 238 g/mol. The molecule has 0 aromatic heterocycles. The van der Waals surface area contributed by atoms with Gasteiger partial charge in [0.2, 0.25) is 0 Å². The molecule has 98 valence electrons. The molecule has 1 fully saturated rings. The van der Waals surface area contributed by atoms with Gasteiger partial charge in [0.15, 0.2) is 9.84 Å². The molecule has 0 radical (unpaired) electrons. The Morgan fingerprint density at radius 2 is 1.88 bits per heavy atom. The number of rotatable bonds is 5. The fraction of sp³-hybridized carbons (Fsp3) is 0.909. The van der Waals surface area contributed by atoms with Crippen LogP contribution < -0.4 is 0 Å². The maximum atomic E-state index is 11.4. The van der Waals surface area contributed by atoms with Crippen molar-refractivity contribution in [1.82, 2.24) is 9.80 Å². The average Bonchev–Trinajstić information content (AvgIpc) is 2.36. The first-order valence-electron chi connectivity index (χ1n) is 6.05. The monoisotopic (exact) mass is 259 g/mol. The Bertz CT molecular complexity index is 367. The predicted molar refractivity (Wildman–Crippen MR) is 67.4 cm³/mol. The first-order chi connectivity index (χ1) is 7.98. The van der Waals surface area contributed by atoms with E-state index in [0.29, 0.717) is 6.54 Å². The normalized spacial score (nSPS) is 21.0. The van der Waals surface area contributed by atoms with Gasteiger partial charge in [0.25, 0.3) is 0 Å². The van der Waals surface area contributed by atoms with Crippen LogP contribution >= 0.6 is 0 Å². The molecule has 6 heteroatoms. The highest BCUT2D eigenvalue weighted by molar-refractivity contribution is 7.91. The third-order valence-corrected chi connectivity index (χ3v) is 4.98. The Hall–Kier alpha value is -0.640. The minimum Gasteiger partial charge on any atom is -0.300 e. The summed E-state index contributed by atoms with van der Waals surface area (Å²) in [5.41, 5.74) is 0. The lowest BCUT2D eigenvalue weighted by Gasteiger charge is -2.35. The highest BCUT2D eigenvalue weighted by atomic mass is 32.2. The second kappa shape index (κ2) is 6.34. The Kier molecular flexibility index (Phi) is 5.37. The van der Waals surface area contributed by atoms with Crippen molar-refractivity contribution < 1.29 is 8.42 Å². The maximum Gasteiger partial charge on any atom is 0.151 e. The third-order valence-electron chi connectivity index (χ3n) is 3.30. The standard InChI is InChI=1S/C11H21N3O2S/c1-3-17(15,16)9-8-13-4-6-14(7-5-13)11(2)10-12/h11H,3-9H2,1-2H3. The molecule has 0 aromatic rings. The number of nitriles is 1. The summed E-state index contributed by atoms with van der Waals surface area (Å²) in [6.07, 6.45) is 0. The molecule has 0 bridgehead atoms. The largest absolute Gasteiger partial charge is 0.300 e. The van der Waals surface area contributed by atoms with Crippen LogP contribution in [0.2, 0.25) is 0 Å². The predicted octanol–water partition coefficient (Wildman–Crippen LogP) is -0.0492. The van der Waals surface area contributed by atoms with E-state index in [0.717, 1.165) is 26.2 Å². The van der Waals surface area contributed by atoms with Gasteiger partial charge in [0.1, 0.15) is 0 Å². The molecule has 0 N–H and O–H groups in total. The van der Waals surface area contributed by atoms with Crippen molar-refractivity contribution in [3.05, 3.63) is 0 Å². The molecule has 0 aromatic carbocycles. The van der Waals surface area contributed by atoms with E-state index in [9.17, 15) is 8.42 Å². The molecular formula is C11H21N3O2S. The minimum atomic E-state index is -2.86. The number of sulfone groups is 1. The summed E-state index contributed by atoms with van der Waals surface area (Å²) < 4.78 is 22.8. The second-order valence-corrected chi connectivity index (χ2v) is 6.89. The fourth-order valence-corrected chi connectivity index (χ4v) is 2.69. The van der Waals surface area contributed by atoms with E-state index in [1.54, 1.807) is 6.92 Å². The molecule has 0 amide bonds. The molecule has 1 unspecified atom stereocenters. The van der Waals surface area contributed by atoms with Gasteiger partial charge < -0.3 is 0 Å². The molecule has 17 heavy (non-hydrogen) atoms. The van der Waals surface area contributed by atoms with Crippen LogP contribution in [-0.4, -0.2) is 68.5 Å². The van der Waals surface area contributed by atoms with Gasteiger partial charge >= 0.3 is 0 Å². The molecule has 1 atom stereocenters. The Morgan fingerprint density at radius 1 is 1.29 bits per heavy atom. The van der Waals surface area contributed by atoms with E-state index in [-0.39, 0.29) is 17.5 Å². The molecule has 0 saturated carbocycles. The van der Waals surface area contributed by atoms with Gasteiger partial charge in [-0.1, -0.05) is 6.92 Å².